The highest BCUT2D eigenvalue weighted by atomic mass is 16.1. The average Bonchev–Trinajstić information content (AvgIpc) is 2.71. The van der Waals surface area contributed by atoms with E-state index in [1.165, 1.54) is 33.4 Å². The molecule has 0 radical (unpaired) electrons. The van der Waals surface area contributed by atoms with E-state index in [1.54, 1.807) is 0 Å². The molecule has 0 saturated carbocycles. The third-order valence-corrected chi connectivity index (χ3v) is 4.28. The van der Waals surface area contributed by atoms with Crippen molar-refractivity contribution in [3.63, 3.8) is 0 Å². The van der Waals surface area contributed by atoms with Crippen LogP contribution in [-0.2, 0) is 9.59 Å². The van der Waals surface area contributed by atoms with Crippen molar-refractivity contribution in [1.82, 2.24) is 0 Å². The van der Waals surface area contributed by atoms with Crippen LogP contribution in [0.25, 0.3) is 0 Å². The lowest BCUT2D eigenvalue weighted by molar-refractivity contribution is 0.562. The van der Waals surface area contributed by atoms with E-state index in [2.05, 4.69) is 114 Å². The first-order valence-corrected chi connectivity index (χ1v) is 9.39. The summed E-state index contributed by atoms with van der Waals surface area (Å²) in [5.41, 5.74) is 8.21. The predicted octanol–water partition coefficient (Wildman–Crippen LogP) is 6.71. The number of benzene rings is 3. The zero-order chi connectivity index (χ0) is 23.4. The third-order valence-electron chi connectivity index (χ3n) is 4.28. The number of rotatable bonds is 0. The van der Waals surface area contributed by atoms with E-state index in [9.17, 15) is 0 Å². The molecule has 0 aliphatic carbocycles. The molecule has 158 valence electrons. The first kappa shape index (κ1) is 28.6. The molecule has 0 heterocycles. The molecular formula is C26H32N2O2. The van der Waals surface area contributed by atoms with Crippen LogP contribution >= 0.6 is 0 Å². The van der Waals surface area contributed by atoms with E-state index in [0.29, 0.717) is 0 Å². The van der Waals surface area contributed by atoms with Crippen LogP contribution in [0.5, 0.6) is 0 Å². The molecule has 3 aromatic carbocycles. The van der Waals surface area contributed by atoms with Crippen molar-refractivity contribution in [2.45, 2.75) is 41.5 Å². The standard InChI is InChI=1S/3C8H10.2CHNO/c3*1-7-5-3-4-6-8(7)2;2*2-1-3/h3*3-6H,1-2H3;2*2H. The van der Waals surface area contributed by atoms with Gasteiger partial charge in [-0.3, -0.25) is 0 Å². The van der Waals surface area contributed by atoms with Crippen LogP contribution in [0.15, 0.2) is 72.8 Å². The van der Waals surface area contributed by atoms with Crippen molar-refractivity contribution in [3.05, 3.63) is 106 Å². The summed E-state index contributed by atoms with van der Waals surface area (Å²) in [7, 11) is 0. The fraction of sp³-hybridized carbons (Fsp3) is 0.231. The van der Waals surface area contributed by atoms with Gasteiger partial charge in [-0.1, -0.05) is 72.8 Å². The second kappa shape index (κ2) is 18.8. The van der Waals surface area contributed by atoms with Crippen molar-refractivity contribution in [3.8, 4) is 0 Å². The van der Waals surface area contributed by atoms with Crippen LogP contribution in [-0.4, -0.2) is 12.2 Å². The fourth-order valence-electron chi connectivity index (χ4n) is 1.99. The number of nitrogens with one attached hydrogen (secondary N) is 2. The van der Waals surface area contributed by atoms with Crippen molar-refractivity contribution in [2.24, 2.45) is 0 Å². The van der Waals surface area contributed by atoms with Crippen LogP contribution in [0.1, 0.15) is 33.4 Å². The molecule has 4 heteroatoms. The van der Waals surface area contributed by atoms with Crippen LogP contribution in [0.2, 0.25) is 0 Å². The number of hydrogen-bond donors (Lipinski definition) is 2. The highest BCUT2D eigenvalue weighted by Crippen LogP contribution is 2.04. The Kier molecular flexibility index (Phi) is 17.9. The molecule has 3 rings (SSSR count). The minimum atomic E-state index is 0.750. The summed E-state index contributed by atoms with van der Waals surface area (Å²) in [6, 6.07) is 25.1. The molecule has 30 heavy (non-hydrogen) atoms. The van der Waals surface area contributed by atoms with E-state index in [4.69, 9.17) is 20.4 Å². The maximum atomic E-state index is 8.35. The molecule has 0 bridgehead atoms. The summed E-state index contributed by atoms with van der Waals surface area (Å²) in [6.07, 6.45) is 1.50. The van der Waals surface area contributed by atoms with Gasteiger partial charge in [-0.05, 0) is 74.9 Å². The molecule has 3 aromatic rings. The molecule has 0 fully saturated rings. The largest absolute Gasteiger partial charge is 0.231 e. The van der Waals surface area contributed by atoms with Crippen molar-refractivity contribution in [1.29, 1.82) is 10.8 Å². The number of aryl methyl sites for hydroxylation is 6. The van der Waals surface area contributed by atoms with Crippen LogP contribution in [0.4, 0.5) is 0 Å². The zero-order valence-corrected chi connectivity index (χ0v) is 18.7. The second-order valence-corrected chi connectivity index (χ2v) is 6.46. The lowest BCUT2D eigenvalue weighted by Crippen LogP contribution is -1.74. The molecule has 0 aliphatic heterocycles. The minimum Gasteiger partial charge on any atom is -0.222 e. The van der Waals surface area contributed by atoms with Crippen molar-refractivity contribution >= 4 is 12.2 Å². The Bertz CT molecular complexity index is 743. The molecular weight excluding hydrogens is 372 g/mol. The van der Waals surface area contributed by atoms with Gasteiger partial charge < -0.3 is 0 Å². The second-order valence-electron chi connectivity index (χ2n) is 6.46. The molecule has 2 N–H and O–H groups in total. The van der Waals surface area contributed by atoms with Gasteiger partial charge in [-0.2, -0.15) is 0 Å². The third kappa shape index (κ3) is 15.5. The summed E-state index contributed by atoms with van der Waals surface area (Å²) in [4.78, 5) is 16.7. The quantitative estimate of drug-likeness (QED) is 0.322. The molecule has 4 nitrogen and oxygen atoms in total. The zero-order valence-electron chi connectivity index (χ0n) is 18.7. The summed E-state index contributed by atoms with van der Waals surface area (Å²) in [6.45, 7) is 12.7. The topological polar surface area (TPSA) is 81.8 Å². The molecule has 0 spiro atoms. The SMILES string of the molecule is Cc1ccccc1C.Cc1ccccc1C.Cc1ccccc1C.N=C=O.N=C=O. The predicted molar refractivity (Wildman–Crippen MR) is 125 cm³/mol. The Morgan fingerprint density at radius 2 is 0.533 bits per heavy atom. The van der Waals surface area contributed by atoms with E-state index in [0.717, 1.165) is 12.2 Å². The van der Waals surface area contributed by atoms with Crippen molar-refractivity contribution < 1.29 is 9.59 Å². The molecule has 0 aromatic heterocycles. The molecule has 0 aliphatic rings. The van der Waals surface area contributed by atoms with Crippen molar-refractivity contribution in [2.75, 3.05) is 0 Å². The lowest BCUT2D eigenvalue weighted by atomic mass is 10.1. The van der Waals surface area contributed by atoms with Gasteiger partial charge in [0.05, 0.1) is 0 Å². The van der Waals surface area contributed by atoms with Crippen LogP contribution < -0.4 is 0 Å². The van der Waals surface area contributed by atoms with E-state index in [1.807, 2.05) is 0 Å². The summed E-state index contributed by atoms with van der Waals surface area (Å²) < 4.78 is 0. The van der Waals surface area contributed by atoms with E-state index >= 15 is 0 Å². The maximum absolute atomic E-state index is 8.35. The molecule has 0 atom stereocenters. The van der Waals surface area contributed by atoms with Gasteiger partial charge in [-0.15, -0.1) is 0 Å². The average molecular weight is 405 g/mol. The van der Waals surface area contributed by atoms with Gasteiger partial charge in [0.25, 0.3) is 0 Å². The highest BCUT2D eigenvalue weighted by molar-refractivity contribution is 5.26. The van der Waals surface area contributed by atoms with Gasteiger partial charge >= 0.3 is 0 Å². The summed E-state index contributed by atoms with van der Waals surface area (Å²) in [5.74, 6) is 0. The monoisotopic (exact) mass is 404 g/mol. The number of hydrogen-bond acceptors (Lipinski definition) is 4. The Balaban J connectivity index is 0. The number of carbonyl (C=O) groups excluding carboxylic acids is 2. The van der Waals surface area contributed by atoms with Crippen LogP contribution in [0, 0.1) is 52.4 Å². The Hall–Kier alpha value is -3.58. The van der Waals surface area contributed by atoms with Gasteiger partial charge in [0, 0.05) is 0 Å². The van der Waals surface area contributed by atoms with Gasteiger partial charge in [0.1, 0.15) is 0 Å². The Morgan fingerprint density at radius 1 is 0.433 bits per heavy atom. The van der Waals surface area contributed by atoms with Crippen LogP contribution in [0.3, 0.4) is 0 Å². The minimum absolute atomic E-state index is 0.750. The Morgan fingerprint density at radius 3 is 0.600 bits per heavy atom. The first-order chi connectivity index (χ1) is 14.2. The maximum Gasteiger partial charge on any atom is 0.231 e. The summed E-state index contributed by atoms with van der Waals surface area (Å²) in [5, 5.41) is 10.8. The first-order valence-electron chi connectivity index (χ1n) is 9.39. The number of isocyanates is 2. The fourth-order valence-corrected chi connectivity index (χ4v) is 1.99. The van der Waals surface area contributed by atoms with E-state index < -0.39 is 0 Å². The van der Waals surface area contributed by atoms with E-state index in [-0.39, 0.29) is 0 Å². The highest BCUT2D eigenvalue weighted by Gasteiger charge is 1.85. The Labute approximate surface area is 180 Å². The normalized spacial score (nSPS) is 7.93. The summed E-state index contributed by atoms with van der Waals surface area (Å²) >= 11 is 0. The molecule has 0 saturated heterocycles. The smallest absolute Gasteiger partial charge is 0.222 e. The van der Waals surface area contributed by atoms with Gasteiger partial charge in [0.15, 0.2) is 0 Å². The van der Waals surface area contributed by atoms with Gasteiger partial charge in [0.2, 0.25) is 12.2 Å². The molecule has 0 amide bonds. The van der Waals surface area contributed by atoms with Gasteiger partial charge in [-0.25, -0.2) is 20.4 Å². The lowest BCUT2D eigenvalue weighted by Gasteiger charge is -1.93. The molecule has 0 unspecified atom stereocenters.